The summed E-state index contributed by atoms with van der Waals surface area (Å²) in [4.78, 5) is 20.2. The number of amides is 1. The highest BCUT2D eigenvalue weighted by molar-refractivity contribution is 6.03. The summed E-state index contributed by atoms with van der Waals surface area (Å²) in [5.74, 6) is 1.08. The molecule has 6 heteroatoms. The molecule has 3 rings (SSSR count). The quantitative estimate of drug-likeness (QED) is 0.723. The topological polar surface area (TPSA) is 76.1 Å². The van der Waals surface area contributed by atoms with Gasteiger partial charge in [-0.1, -0.05) is 18.2 Å². The molecule has 0 unspecified atom stereocenters. The molecular weight excluding hydrogens is 316 g/mol. The molecule has 25 heavy (non-hydrogen) atoms. The molecule has 126 valence electrons. The van der Waals surface area contributed by atoms with Crippen LogP contribution >= 0.6 is 0 Å². The Balaban J connectivity index is 1.60. The third-order valence-corrected chi connectivity index (χ3v) is 3.60. The van der Waals surface area contributed by atoms with Crippen LogP contribution in [0.5, 0.6) is 5.75 Å². The Morgan fingerprint density at radius 1 is 1.08 bits per heavy atom. The van der Waals surface area contributed by atoms with Gasteiger partial charge in [0.05, 0.1) is 24.6 Å². The highest BCUT2D eigenvalue weighted by Crippen LogP contribution is 2.19. The molecule has 0 spiro atoms. The van der Waals surface area contributed by atoms with Gasteiger partial charge in [0, 0.05) is 24.5 Å². The number of nitrogens with zero attached hydrogens (tertiary/aromatic N) is 2. The van der Waals surface area contributed by atoms with E-state index < -0.39 is 0 Å². The molecule has 1 amide bonds. The second kappa shape index (κ2) is 7.92. The lowest BCUT2D eigenvalue weighted by Crippen LogP contribution is -2.13. The number of hydrogen-bond donors (Lipinski definition) is 2. The van der Waals surface area contributed by atoms with Gasteiger partial charge in [-0.15, -0.1) is 0 Å². The molecule has 0 atom stereocenters. The van der Waals surface area contributed by atoms with Crippen molar-refractivity contribution in [2.75, 3.05) is 17.7 Å². The van der Waals surface area contributed by atoms with Crippen molar-refractivity contribution < 1.29 is 9.53 Å². The number of methoxy groups -OCH3 is 1. The SMILES string of the molecule is COc1ccccc1CNc1ccc(NC(=O)c2cccnc2)nc1. The van der Waals surface area contributed by atoms with E-state index in [2.05, 4.69) is 20.6 Å². The van der Waals surface area contributed by atoms with Gasteiger partial charge in [-0.2, -0.15) is 0 Å². The fourth-order valence-electron chi connectivity index (χ4n) is 2.30. The summed E-state index contributed by atoms with van der Waals surface area (Å²) in [6.45, 7) is 0.618. The maximum atomic E-state index is 12.1. The van der Waals surface area contributed by atoms with Gasteiger partial charge < -0.3 is 15.4 Å². The zero-order valence-electron chi connectivity index (χ0n) is 13.8. The molecule has 0 saturated heterocycles. The fraction of sp³-hybridized carbons (Fsp3) is 0.105. The van der Waals surface area contributed by atoms with Crippen LogP contribution in [0.1, 0.15) is 15.9 Å². The van der Waals surface area contributed by atoms with E-state index in [1.165, 1.54) is 6.20 Å². The lowest BCUT2D eigenvalue weighted by Gasteiger charge is -2.11. The van der Waals surface area contributed by atoms with Crippen molar-refractivity contribution in [2.24, 2.45) is 0 Å². The molecule has 0 aliphatic rings. The number of aromatic nitrogens is 2. The number of para-hydroxylation sites is 1. The predicted molar refractivity (Wildman–Crippen MR) is 96.7 cm³/mol. The van der Waals surface area contributed by atoms with E-state index in [0.717, 1.165) is 17.0 Å². The molecule has 0 fully saturated rings. The zero-order valence-corrected chi connectivity index (χ0v) is 13.8. The molecule has 0 bridgehead atoms. The Bertz CT molecular complexity index is 836. The van der Waals surface area contributed by atoms with Crippen LogP contribution < -0.4 is 15.4 Å². The second-order valence-corrected chi connectivity index (χ2v) is 5.29. The first-order valence-corrected chi connectivity index (χ1v) is 7.79. The van der Waals surface area contributed by atoms with Crippen LogP contribution in [0, 0.1) is 0 Å². The third-order valence-electron chi connectivity index (χ3n) is 3.60. The molecule has 0 saturated carbocycles. The zero-order chi connectivity index (χ0) is 17.5. The van der Waals surface area contributed by atoms with Crippen LogP contribution in [0.3, 0.4) is 0 Å². The average Bonchev–Trinajstić information content (AvgIpc) is 2.68. The standard InChI is InChI=1S/C19H18N4O2/c1-25-17-7-3-2-5-14(17)12-21-16-8-9-18(22-13-16)23-19(24)15-6-4-10-20-11-15/h2-11,13,21H,12H2,1H3,(H,22,23,24). The van der Waals surface area contributed by atoms with Gasteiger partial charge in [0.15, 0.2) is 0 Å². The number of hydrogen-bond acceptors (Lipinski definition) is 5. The molecule has 0 aliphatic carbocycles. The number of carbonyl (C=O) groups excluding carboxylic acids is 1. The van der Waals surface area contributed by atoms with Gasteiger partial charge in [-0.3, -0.25) is 9.78 Å². The van der Waals surface area contributed by atoms with Crippen LogP contribution in [0.2, 0.25) is 0 Å². The number of anilines is 2. The number of rotatable bonds is 6. The number of ether oxygens (including phenoxy) is 1. The summed E-state index contributed by atoms with van der Waals surface area (Å²) in [7, 11) is 1.65. The fourth-order valence-corrected chi connectivity index (χ4v) is 2.30. The minimum Gasteiger partial charge on any atom is -0.496 e. The Hall–Kier alpha value is -3.41. The number of benzene rings is 1. The molecule has 0 aliphatic heterocycles. The van der Waals surface area contributed by atoms with Crippen molar-refractivity contribution in [1.82, 2.24) is 9.97 Å². The summed E-state index contributed by atoms with van der Waals surface area (Å²) in [5, 5.41) is 6.02. The first-order valence-electron chi connectivity index (χ1n) is 7.79. The van der Waals surface area contributed by atoms with Crippen molar-refractivity contribution in [3.63, 3.8) is 0 Å². The van der Waals surface area contributed by atoms with Crippen molar-refractivity contribution >= 4 is 17.4 Å². The van der Waals surface area contributed by atoms with Gasteiger partial charge in [0.25, 0.3) is 5.91 Å². The minimum absolute atomic E-state index is 0.240. The van der Waals surface area contributed by atoms with E-state index in [-0.39, 0.29) is 5.91 Å². The largest absolute Gasteiger partial charge is 0.496 e. The minimum atomic E-state index is -0.240. The molecule has 1 aromatic carbocycles. The highest BCUT2D eigenvalue weighted by atomic mass is 16.5. The van der Waals surface area contributed by atoms with Crippen LogP contribution in [0.15, 0.2) is 67.1 Å². The van der Waals surface area contributed by atoms with Crippen LogP contribution in [0.25, 0.3) is 0 Å². The predicted octanol–water partition coefficient (Wildman–Crippen LogP) is 3.35. The monoisotopic (exact) mass is 334 g/mol. The van der Waals surface area contributed by atoms with Crippen molar-refractivity contribution in [3.05, 3.63) is 78.2 Å². The van der Waals surface area contributed by atoms with E-state index in [9.17, 15) is 4.79 Å². The maximum absolute atomic E-state index is 12.1. The normalized spacial score (nSPS) is 10.1. The summed E-state index contributed by atoms with van der Waals surface area (Å²) < 4.78 is 5.33. The van der Waals surface area contributed by atoms with E-state index >= 15 is 0 Å². The van der Waals surface area contributed by atoms with Crippen LogP contribution in [-0.4, -0.2) is 23.0 Å². The van der Waals surface area contributed by atoms with E-state index in [1.54, 1.807) is 37.7 Å². The molecule has 3 aromatic rings. The molecule has 2 N–H and O–H groups in total. The van der Waals surface area contributed by atoms with Gasteiger partial charge in [-0.05, 0) is 30.3 Å². The molecular formula is C19H18N4O2. The third kappa shape index (κ3) is 4.32. The van der Waals surface area contributed by atoms with E-state index in [1.807, 2.05) is 30.3 Å². The first kappa shape index (κ1) is 16.4. The highest BCUT2D eigenvalue weighted by Gasteiger charge is 2.06. The summed E-state index contributed by atoms with van der Waals surface area (Å²) in [6.07, 6.45) is 4.81. The summed E-state index contributed by atoms with van der Waals surface area (Å²) in [5.41, 5.74) is 2.40. The molecule has 6 nitrogen and oxygen atoms in total. The van der Waals surface area contributed by atoms with Gasteiger partial charge in [0.2, 0.25) is 0 Å². The Morgan fingerprint density at radius 2 is 1.96 bits per heavy atom. The second-order valence-electron chi connectivity index (χ2n) is 5.29. The summed E-state index contributed by atoms with van der Waals surface area (Å²) >= 11 is 0. The lowest BCUT2D eigenvalue weighted by atomic mass is 10.2. The lowest BCUT2D eigenvalue weighted by molar-refractivity contribution is 0.102. The van der Waals surface area contributed by atoms with Crippen molar-refractivity contribution in [3.8, 4) is 5.75 Å². The number of pyridine rings is 2. The van der Waals surface area contributed by atoms with Gasteiger partial charge in [-0.25, -0.2) is 4.98 Å². The Morgan fingerprint density at radius 3 is 2.68 bits per heavy atom. The average molecular weight is 334 g/mol. The first-order chi connectivity index (χ1) is 12.3. The van der Waals surface area contributed by atoms with Crippen molar-refractivity contribution in [2.45, 2.75) is 6.54 Å². The van der Waals surface area contributed by atoms with E-state index in [4.69, 9.17) is 4.74 Å². The summed E-state index contributed by atoms with van der Waals surface area (Å²) in [6, 6.07) is 14.9. The number of carbonyl (C=O) groups is 1. The molecule has 0 radical (unpaired) electrons. The van der Waals surface area contributed by atoms with Gasteiger partial charge >= 0.3 is 0 Å². The smallest absolute Gasteiger partial charge is 0.258 e. The van der Waals surface area contributed by atoms with E-state index in [0.29, 0.717) is 17.9 Å². The van der Waals surface area contributed by atoms with Crippen LogP contribution in [-0.2, 0) is 6.54 Å². The van der Waals surface area contributed by atoms with Gasteiger partial charge in [0.1, 0.15) is 11.6 Å². The molecule has 2 heterocycles. The number of nitrogens with one attached hydrogen (secondary N) is 2. The Labute approximate surface area is 145 Å². The Kier molecular flexibility index (Phi) is 5.21. The molecule has 2 aromatic heterocycles. The van der Waals surface area contributed by atoms with Crippen molar-refractivity contribution in [1.29, 1.82) is 0 Å². The van der Waals surface area contributed by atoms with Crippen LogP contribution in [0.4, 0.5) is 11.5 Å². The maximum Gasteiger partial charge on any atom is 0.258 e.